The van der Waals surface area contributed by atoms with E-state index in [1.807, 2.05) is 0 Å². The number of ether oxygens (including phenoxy) is 1. The van der Waals surface area contributed by atoms with E-state index in [2.05, 4.69) is 9.40 Å². The van der Waals surface area contributed by atoms with Crippen molar-refractivity contribution in [2.75, 3.05) is 7.11 Å². The third-order valence-corrected chi connectivity index (χ3v) is 3.42. The number of pyridine rings is 1. The second-order valence-corrected chi connectivity index (χ2v) is 4.97. The molecule has 0 fully saturated rings. The highest BCUT2D eigenvalue weighted by atomic mass is 16.5. The largest absolute Gasteiger partial charge is 0.504 e. The Morgan fingerprint density at radius 3 is 2.88 bits per heavy atom. The lowest BCUT2D eigenvalue weighted by molar-refractivity contribution is 0.0960. The normalized spacial score (nSPS) is 11.1. The number of carbonyl (C=O) groups is 1. The number of aromatic hydroxyl groups is 1. The van der Waals surface area contributed by atoms with Gasteiger partial charge in [0.1, 0.15) is 5.39 Å². The first-order valence-corrected chi connectivity index (χ1v) is 7.11. The molecule has 0 saturated carbocycles. The summed E-state index contributed by atoms with van der Waals surface area (Å²) in [6.45, 7) is 0. The van der Waals surface area contributed by atoms with Gasteiger partial charge in [-0.3, -0.25) is 4.79 Å². The van der Waals surface area contributed by atoms with Gasteiger partial charge in [0.05, 0.1) is 7.11 Å². The van der Waals surface area contributed by atoms with Crippen LogP contribution < -0.4 is 16.1 Å². The summed E-state index contributed by atoms with van der Waals surface area (Å²) in [5, 5.41) is 9.58. The molecule has 0 aliphatic heterocycles. The van der Waals surface area contributed by atoms with Crippen LogP contribution in [0.1, 0.15) is 10.4 Å². The molecule has 126 valence electrons. The van der Waals surface area contributed by atoms with Gasteiger partial charge in [-0.15, -0.1) is 0 Å². The number of phenolic OH excluding ortho intramolecular Hbond substituents is 1. The predicted molar refractivity (Wildman–Crippen MR) is 88.9 cm³/mol. The molecule has 0 aliphatic rings. The first-order chi connectivity index (χ1) is 12.0. The maximum absolute atomic E-state index is 12.4. The molecule has 0 atom stereocenters. The molecule has 8 nitrogen and oxygen atoms in total. The molecule has 2 heterocycles. The van der Waals surface area contributed by atoms with E-state index in [4.69, 9.17) is 4.74 Å². The van der Waals surface area contributed by atoms with Crippen LogP contribution in [0.5, 0.6) is 11.5 Å². The lowest BCUT2D eigenvalue weighted by atomic mass is 10.2. The summed E-state index contributed by atoms with van der Waals surface area (Å²) in [7, 11) is 1.40. The van der Waals surface area contributed by atoms with Crippen molar-refractivity contribution in [3.05, 3.63) is 69.1 Å². The van der Waals surface area contributed by atoms with E-state index in [0.29, 0.717) is 10.1 Å². The molecule has 3 aromatic rings. The highest BCUT2D eigenvalue weighted by molar-refractivity contribution is 5.98. The molecule has 0 spiro atoms. The zero-order valence-electron chi connectivity index (χ0n) is 13.0. The molecular weight excluding hydrogens is 328 g/mol. The highest BCUT2D eigenvalue weighted by Crippen LogP contribution is 2.26. The lowest BCUT2D eigenvalue weighted by Crippen LogP contribution is -2.29. The van der Waals surface area contributed by atoms with Gasteiger partial charge in [0.15, 0.2) is 17.1 Å². The van der Waals surface area contributed by atoms with E-state index in [9.17, 15) is 19.5 Å². The van der Waals surface area contributed by atoms with E-state index < -0.39 is 17.3 Å². The number of hydrogen-bond acceptors (Lipinski definition) is 7. The highest BCUT2D eigenvalue weighted by Gasteiger charge is 2.14. The smallest absolute Gasteiger partial charge is 0.430 e. The van der Waals surface area contributed by atoms with Crippen molar-refractivity contribution in [2.24, 2.45) is 0 Å². The van der Waals surface area contributed by atoms with Crippen molar-refractivity contribution in [3.63, 3.8) is 0 Å². The minimum atomic E-state index is -1.12. The molecule has 0 amide bonds. The Balaban J connectivity index is 2.04. The van der Waals surface area contributed by atoms with Gasteiger partial charge in [-0.1, -0.05) is 6.07 Å². The lowest BCUT2D eigenvalue weighted by Gasteiger charge is -2.04. The third-order valence-electron chi connectivity index (χ3n) is 3.42. The molecule has 2 aromatic heterocycles. The number of aromatic nitrogens is 2. The summed E-state index contributed by atoms with van der Waals surface area (Å²) in [5.74, 6) is -1.65. The van der Waals surface area contributed by atoms with Crippen LogP contribution >= 0.6 is 0 Å². The number of rotatable bonds is 3. The molecule has 0 radical (unpaired) electrons. The third kappa shape index (κ3) is 3.05. The topological polar surface area (TPSA) is 112 Å². The van der Waals surface area contributed by atoms with Crippen LogP contribution in [0.4, 0.5) is 0 Å². The fourth-order valence-corrected chi connectivity index (χ4v) is 2.24. The van der Waals surface area contributed by atoms with E-state index in [-0.39, 0.29) is 22.5 Å². The van der Waals surface area contributed by atoms with Gasteiger partial charge >= 0.3 is 11.4 Å². The number of allylic oxidation sites excluding steroid dienone is 1. The quantitative estimate of drug-likeness (QED) is 0.718. The van der Waals surface area contributed by atoms with Crippen molar-refractivity contribution < 1.29 is 19.1 Å². The van der Waals surface area contributed by atoms with Gasteiger partial charge in [0.25, 0.3) is 5.91 Å². The number of carbonyl (C=O) groups excluding carboxylic acids is 1. The van der Waals surface area contributed by atoms with Crippen LogP contribution in [-0.4, -0.2) is 27.7 Å². The minimum Gasteiger partial charge on any atom is -0.504 e. The second-order valence-electron chi connectivity index (χ2n) is 4.97. The number of hydrogen-bond donors (Lipinski definition) is 1. The van der Waals surface area contributed by atoms with Crippen LogP contribution in [-0.2, 0) is 0 Å². The average molecular weight is 340 g/mol. The summed E-state index contributed by atoms with van der Waals surface area (Å²) in [6, 6.07) is 7.39. The van der Waals surface area contributed by atoms with Gasteiger partial charge in [-0.05, 0) is 35.9 Å². The average Bonchev–Trinajstić information content (AvgIpc) is 2.61. The van der Waals surface area contributed by atoms with E-state index in [1.54, 1.807) is 6.07 Å². The fraction of sp³-hybridized carbons (Fsp3) is 0.0588. The fourth-order valence-electron chi connectivity index (χ4n) is 2.24. The summed E-state index contributed by atoms with van der Waals surface area (Å²) in [4.78, 5) is 39.9. The zero-order valence-corrected chi connectivity index (χ0v) is 13.0. The summed E-state index contributed by atoms with van der Waals surface area (Å²) in [5.41, 5.74) is -0.378. The molecular formula is C17H12N2O6. The molecule has 1 aromatic carbocycles. The second kappa shape index (κ2) is 6.44. The van der Waals surface area contributed by atoms with Crippen LogP contribution in [0.15, 0.2) is 56.6 Å². The summed E-state index contributed by atoms with van der Waals surface area (Å²) in [6.07, 6.45) is 3.91. The summed E-state index contributed by atoms with van der Waals surface area (Å²) >= 11 is 0. The molecule has 0 aliphatic carbocycles. The molecule has 0 unspecified atom stereocenters. The van der Waals surface area contributed by atoms with E-state index in [1.165, 1.54) is 43.6 Å². The van der Waals surface area contributed by atoms with E-state index >= 15 is 0 Å². The molecule has 1 N–H and O–H groups in total. The van der Waals surface area contributed by atoms with Crippen molar-refractivity contribution in [1.29, 1.82) is 0 Å². The van der Waals surface area contributed by atoms with Crippen molar-refractivity contribution >= 4 is 23.0 Å². The Kier molecular flexibility index (Phi) is 4.17. The number of methoxy groups -OCH3 is 1. The molecule has 0 bridgehead atoms. The van der Waals surface area contributed by atoms with Gasteiger partial charge in [-0.2, -0.15) is 4.57 Å². The zero-order chi connectivity index (χ0) is 18.0. The summed E-state index contributed by atoms with van der Waals surface area (Å²) < 4.78 is 10.2. The van der Waals surface area contributed by atoms with Gasteiger partial charge < -0.3 is 14.3 Å². The number of benzene rings is 1. The first-order valence-electron chi connectivity index (χ1n) is 7.11. The van der Waals surface area contributed by atoms with Crippen LogP contribution in [0.3, 0.4) is 0 Å². The van der Waals surface area contributed by atoms with Crippen LogP contribution in [0.2, 0.25) is 0 Å². The number of nitrogens with zero attached hydrogens (tertiary/aromatic N) is 2. The SMILES string of the molecule is COc1cc(/C=C/C(=O)n2c(=O)oc(=O)c3cccnc32)ccc1O. The molecule has 3 rings (SSSR count). The van der Waals surface area contributed by atoms with Crippen molar-refractivity contribution in [3.8, 4) is 11.5 Å². The molecule has 25 heavy (non-hydrogen) atoms. The standard InChI is InChI=1S/C17H12N2O6/c1-24-13-9-10(4-6-12(13)20)5-7-14(21)19-15-11(3-2-8-18-15)16(22)25-17(19)23/h2-9,20H,1H3/b7-5+. The monoisotopic (exact) mass is 340 g/mol. The maximum Gasteiger partial charge on any atom is 0.430 e. The minimum absolute atomic E-state index is 0.0233. The van der Waals surface area contributed by atoms with Gasteiger partial charge in [0.2, 0.25) is 0 Å². The van der Waals surface area contributed by atoms with E-state index in [0.717, 1.165) is 6.08 Å². The van der Waals surface area contributed by atoms with Crippen LogP contribution in [0.25, 0.3) is 17.1 Å². The van der Waals surface area contributed by atoms with Crippen LogP contribution in [0, 0.1) is 0 Å². The number of fused-ring (bicyclic) bond motifs is 1. The molecule has 0 saturated heterocycles. The predicted octanol–water partition coefficient (Wildman–Crippen LogP) is 1.42. The Labute approximate surface area is 140 Å². The maximum atomic E-state index is 12.4. The number of phenols is 1. The first kappa shape index (κ1) is 16.2. The van der Waals surface area contributed by atoms with Crippen molar-refractivity contribution in [2.45, 2.75) is 0 Å². The Morgan fingerprint density at radius 1 is 1.32 bits per heavy atom. The molecule has 8 heteroatoms. The Hall–Kier alpha value is -3.68. The Morgan fingerprint density at radius 2 is 2.12 bits per heavy atom. The van der Waals surface area contributed by atoms with Gasteiger partial charge in [-0.25, -0.2) is 14.6 Å². The van der Waals surface area contributed by atoms with Gasteiger partial charge in [0, 0.05) is 12.3 Å². The van der Waals surface area contributed by atoms with Crippen molar-refractivity contribution in [1.82, 2.24) is 9.55 Å². The Bertz CT molecular complexity index is 1110.